The highest BCUT2D eigenvalue weighted by Crippen LogP contribution is 2.32. The van der Waals surface area contributed by atoms with Crippen LogP contribution in [0.25, 0.3) is 0 Å². The highest BCUT2D eigenvalue weighted by Gasteiger charge is 2.19. The van der Waals surface area contributed by atoms with E-state index in [4.69, 9.17) is 14.6 Å². The van der Waals surface area contributed by atoms with Gasteiger partial charge >= 0.3 is 0 Å². The summed E-state index contributed by atoms with van der Waals surface area (Å²) in [6.45, 7) is 2.42. The van der Waals surface area contributed by atoms with Crippen LogP contribution in [0.15, 0.2) is 24.3 Å². The van der Waals surface area contributed by atoms with Gasteiger partial charge in [0.25, 0.3) is 0 Å². The van der Waals surface area contributed by atoms with Crippen LogP contribution < -0.4 is 4.74 Å². The lowest BCUT2D eigenvalue weighted by Crippen LogP contribution is -2.16. The average Bonchev–Trinajstić information content (AvgIpc) is 2.41. The zero-order valence-corrected chi connectivity index (χ0v) is 10.1. The number of para-hydroxylation sites is 1. The largest absolute Gasteiger partial charge is 0.493 e. The summed E-state index contributed by atoms with van der Waals surface area (Å²) >= 11 is 0. The van der Waals surface area contributed by atoms with Gasteiger partial charge in [0.05, 0.1) is 13.2 Å². The van der Waals surface area contributed by atoms with E-state index < -0.39 is 0 Å². The number of hydrogen-bond acceptors (Lipinski definition) is 3. The Kier molecular flexibility index (Phi) is 4.83. The third kappa shape index (κ3) is 3.45. The summed E-state index contributed by atoms with van der Waals surface area (Å²) in [4.78, 5) is 0. The van der Waals surface area contributed by atoms with Gasteiger partial charge < -0.3 is 14.6 Å². The fraction of sp³-hybridized carbons (Fsp3) is 0.571. The molecule has 2 rings (SSSR count). The Balaban J connectivity index is 2.03. The number of aliphatic hydroxyl groups is 1. The Hall–Kier alpha value is -1.06. The molecule has 1 fully saturated rings. The molecule has 1 aromatic carbocycles. The van der Waals surface area contributed by atoms with Crippen LogP contribution in [-0.4, -0.2) is 31.5 Å². The van der Waals surface area contributed by atoms with Gasteiger partial charge in [-0.05, 0) is 24.5 Å². The fourth-order valence-electron chi connectivity index (χ4n) is 2.18. The van der Waals surface area contributed by atoms with Gasteiger partial charge in [0, 0.05) is 25.6 Å². The Morgan fingerprint density at radius 1 is 1.35 bits per heavy atom. The van der Waals surface area contributed by atoms with Gasteiger partial charge in [-0.2, -0.15) is 0 Å². The molecule has 0 aromatic heterocycles. The van der Waals surface area contributed by atoms with Crippen LogP contribution >= 0.6 is 0 Å². The molecule has 1 aliphatic rings. The Morgan fingerprint density at radius 3 is 3.00 bits per heavy atom. The monoisotopic (exact) mass is 236 g/mol. The van der Waals surface area contributed by atoms with Crippen LogP contribution in [-0.2, 0) is 4.74 Å². The molecule has 0 bridgehead atoms. The summed E-state index contributed by atoms with van der Waals surface area (Å²) in [5.74, 6) is 1.39. The van der Waals surface area contributed by atoms with E-state index in [1.807, 2.05) is 18.2 Å². The topological polar surface area (TPSA) is 38.7 Å². The molecule has 0 amide bonds. The summed E-state index contributed by atoms with van der Waals surface area (Å²) in [6.07, 6.45) is 2.96. The number of ether oxygens (including phenoxy) is 2. The van der Waals surface area contributed by atoms with E-state index in [1.54, 1.807) is 0 Å². The molecule has 94 valence electrons. The molecule has 17 heavy (non-hydrogen) atoms. The van der Waals surface area contributed by atoms with Crippen LogP contribution in [0.4, 0.5) is 0 Å². The molecule has 0 spiro atoms. The molecule has 3 heteroatoms. The van der Waals surface area contributed by atoms with Gasteiger partial charge in [-0.3, -0.25) is 0 Å². The van der Waals surface area contributed by atoms with Gasteiger partial charge in [-0.25, -0.2) is 0 Å². The van der Waals surface area contributed by atoms with E-state index in [9.17, 15) is 0 Å². The fourth-order valence-corrected chi connectivity index (χ4v) is 2.18. The molecule has 1 unspecified atom stereocenters. The van der Waals surface area contributed by atoms with E-state index >= 15 is 0 Å². The minimum Gasteiger partial charge on any atom is -0.493 e. The number of aliphatic hydroxyl groups excluding tert-OH is 1. The Labute approximate surface area is 102 Å². The quantitative estimate of drug-likeness (QED) is 0.797. The highest BCUT2D eigenvalue weighted by atomic mass is 16.5. The van der Waals surface area contributed by atoms with Crippen molar-refractivity contribution in [3.05, 3.63) is 29.8 Å². The molecular formula is C14H20O3. The van der Waals surface area contributed by atoms with Gasteiger partial charge in [-0.1, -0.05) is 18.2 Å². The highest BCUT2D eigenvalue weighted by molar-refractivity contribution is 5.36. The van der Waals surface area contributed by atoms with Crippen molar-refractivity contribution in [2.45, 2.75) is 25.2 Å². The van der Waals surface area contributed by atoms with Gasteiger partial charge in [0.15, 0.2) is 0 Å². The number of rotatable bonds is 5. The summed E-state index contributed by atoms with van der Waals surface area (Å²) in [6, 6.07) is 8.15. The molecule has 3 nitrogen and oxygen atoms in total. The maximum atomic E-state index is 8.76. The first-order valence-corrected chi connectivity index (χ1v) is 6.32. The molecule has 1 heterocycles. The molecule has 0 saturated carbocycles. The van der Waals surface area contributed by atoms with E-state index in [0.717, 1.165) is 25.4 Å². The van der Waals surface area contributed by atoms with Crippen LogP contribution in [0, 0.1) is 0 Å². The summed E-state index contributed by atoms with van der Waals surface area (Å²) in [5.41, 5.74) is 1.24. The molecule has 0 radical (unpaired) electrons. The summed E-state index contributed by atoms with van der Waals surface area (Å²) in [7, 11) is 0. The first kappa shape index (κ1) is 12.4. The normalized spacial score (nSPS) is 20.2. The van der Waals surface area contributed by atoms with E-state index in [2.05, 4.69) is 6.07 Å². The predicted molar refractivity (Wildman–Crippen MR) is 66.4 cm³/mol. The Morgan fingerprint density at radius 2 is 2.24 bits per heavy atom. The summed E-state index contributed by atoms with van der Waals surface area (Å²) in [5, 5.41) is 8.76. The lowest BCUT2D eigenvalue weighted by molar-refractivity contribution is 0.0793. The smallest absolute Gasteiger partial charge is 0.122 e. The van der Waals surface area contributed by atoms with Crippen molar-refractivity contribution in [3.63, 3.8) is 0 Å². The van der Waals surface area contributed by atoms with Gasteiger partial charge in [-0.15, -0.1) is 0 Å². The minimum atomic E-state index is 0.175. The Bertz CT molecular complexity index is 332. The predicted octanol–water partition coefficient (Wildman–Crippen LogP) is 2.34. The average molecular weight is 236 g/mol. The van der Waals surface area contributed by atoms with Gasteiger partial charge in [0.1, 0.15) is 5.75 Å². The first-order chi connectivity index (χ1) is 8.42. The maximum absolute atomic E-state index is 8.76. The molecule has 0 aliphatic carbocycles. The lowest BCUT2D eigenvalue weighted by atomic mass is 9.93. The van der Waals surface area contributed by atoms with Crippen molar-refractivity contribution < 1.29 is 14.6 Å². The minimum absolute atomic E-state index is 0.175. The second-order valence-corrected chi connectivity index (χ2v) is 4.38. The van der Waals surface area contributed by atoms with E-state index in [-0.39, 0.29) is 6.61 Å². The third-order valence-electron chi connectivity index (χ3n) is 3.08. The van der Waals surface area contributed by atoms with E-state index in [0.29, 0.717) is 18.9 Å². The SMILES string of the molecule is OCCCOc1ccccc1C1CCCOC1. The van der Waals surface area contributed by atoms with Crippen molar-refractivity contribution in [3.8, 4) is 5.75 Å². The van der Waals surface area contributed by atoms with Crippen molar-refractivity contribution in [2.24, 2.45) is 0 Å². The second-order valence-electron chi connectivity index (χ2n) is 4.38. The first-order valence-electron chi connectivity index (χ1n) is 6.32. The number of hydrogen-bond donors (Lipinski definition) is 1. The van der Waals surface area contributed by atoms with Crippen LogP contribution in [0.3, 0.4) is 0 Å². The molecule has 1 saturated heterocycles. The number of benzene rings is 1. The summed E-state index contributed by atoms with van der Waals surface area (Å²) < 4.78 is 11.2. The second kappa shape index (κ2) is 6.62. The van der Waals surface area contributed by atoms with Crippen LogP contribution in [0.2, 0.25) is 0 Å². The van der Waals surface area contributed by atoms with Gasteiger partial charge in [0.2, 0.25) is 0 Å². The maximum Gasteiger partial charge on any atom is 0.122 e. The lowest BCUT2D eigenvalue weighted by Gasteiger charge is -2.24. The molecule has 1 N–H and O–H groups in total. The van der Waals surface area contributed by atoms with Crippen molar-refractivity contribution in [2.75, 3.05) is 26.4 Å². The third-order valence-corrected chi connectivity index (χ3v) is 3.08. The van der Waals surface area contributed by atoms with Crippen LogP contribution in [0.1, 0.15) is 30.7 Å². The van der Waals surface area contributed by atoms with Crippen LogP contribution in [0.5, 0.6) is 5.75 Å². The zero-order valence-electron chi connectivity index (χ0n) is 10.1. The molecule has 1 aliphatic heterocycles. The van der Waals surface area contributed by atoms with Crippen molar-refractivity contribution >= 4 is 0 Å². The molecule has 1 aromatic rings. The van der Waals surface area contributed by atoms with Crippen molar-refractivity contribution in [1.82, 2.24) is 0 Å². The zero-order chi connectivity index (χ0) is 11.9. The van der Waals surface area contributed by atoms with Crippen molar-refractivity contribution in [1.29, 1.82) is 0 Å². The molecular weight excluding hydrogens is 216 g/mol. The molecule has 1 atom stereocenters. The van der Waals surface area contributed by atoms with E-state index in [1.165, 1.54) is 12.0 Å². The standard InChI is InChI=1S/C14H20O3/c15-8-4-10-17-14-7-2-1-6-13(14)12-5-3-9-16-11-12/h1-2,6-7,12,15H,3-5,8-11H2.